The summed E-state index contributed by atoms with van der Waals surface area (Å²) in [6.07, 6.45) is 0.625. The lowest BCUT2D eigenvalue weighted by molar-refractivity contribution is 0.188. The predicted octanol–water partition coefficient (Wildman–Crippen LogP) is -0.300. The van der Waals surface area contributed by atoms with Crippen LogP contribution in [0.1, 0.15) is 13.3 Å². The van der Waals surface area contributed by atoms with Crippen LogP contribution in [-0.2, 0) is 14.8 Å². The first kappa shape index (κ1) is 8.96. The van der Waals surface area contributed by atoms with Crippen molar-refractivity contribution in [1.29, 1.82) is 0 Å². The first-order valence-electron chi connectivity index (χ1n) is 3.45. The van der Waals surface area contributed by atoms with Crippen molar-refractivity contribution in [3.63, 3.8) is 0 Å². The Labute approximate surface area is 66.8 Å². The topological polar surface area (TPSA) is 69.4 Å². The normalized spacial score (nSPS) is 37.2. The molecule has 0 aromatic carbocycles. The zero-order chi connectivity index (χ0) is 8.70. The van der Waals surface area contributed by atoms with Gasteiger partial charge in [0, 0.05) is 7.11 Å². The van der Waals surface area contributed by atoms with Crippen LogP contribution in [0.2, 0.25) is 0 Å². The van der Waals surface area contributed by atoms with Crippen molar-refractivity contribution in [2.75, 3.05) is 13.7 Å². The summed E-state index contributed by atoms with van der Waals surface area (Å²) in [6.45, 7) is 2.08. The smallest absolute Gasteiger partial charge is 0.217 e. The minimum absolute atomic E-state index is 0.137. The van der Waals surface area contributed by atoms with Crippen molar-refractivity contribution in [3.05, 3.63) is 0 Å². The second kappa shape index (κ2) is 2.43. The van der Waals surface area contributed by atoms with Gasteiger partial charge in [0.15, 0.2) is 0 Å². The molecule has 0 spiro atoms. The summed E-state index contributed by atoms with van der Waals surface area (Å²) in [5.41, 5.74) is 0. The van der Waals surface area contributed by atoms with Gasteiger partial charge in [0.1, 0.15) is 4.75 Å². The van der Waals surface area contributed by atoms with Crippen molar-refractivity contribution in [2.45, 2.75) is 18.1 Å². The fourth-order valence-corrected chi connectivity index (χ4v) is 2.71. The van der Waals surface area contributed by atoms with Gasteiger partial charge in [-0.1, -0.05) is 6.92 Å². The van der Waals surface area contributed by atoms with Gasteiger partial charge in [-0.25, -0.2) is 13.6 Å². The van der Waals surface area contributed by atoms with E-state index in [0.29, 0.717) is 6.42 Å². The molecule has 5 heteroatoms. The third-order valence-electron chi connectivity index (χ3n) is 2.34. The number of hydrogen-bond acceptors (Lipinski definition) is 3. The van der Waals surface area contributed by atoms with Gasteiger partial charge in [-0.15, -0.1) is 0 Å². The molecule has 11 heavy (non-hydrogen) atoms. The van der Waals surface area contributed by atoms with E-state index < -0.39 is 14.8 Å². The molecular weight excluding hydrogens is 166 g/mol. The minimum atomic E-state index is -3.43. The maximum atomic E-state index is 11.0. The molecule has 2 atom stereocenters. The van der Waals surface area contributed by atoms with E-state index in [1.807, 2.05) is 6.92 Å². The number of sulfonamides is 1. The number of primary sulfonamides is 1. The molecule has 0 heterocycles. The molecule has 0 unspecified atom stereocenters. The highest BCUT2D eigenvalue weighted by atomic mass is 32.2. The summed E-state index contributed by atoms with van der Waals surface area (Å²) in [5.74, 6) is 0.137. The lowest BCUT2D eigenvalue weighted by Crippen LogP contribution is -2.36. The third-order valence-corrected chi connectivity index (χ3v) is 4.17. The van der Waals surface area contributed by atoms with Crippen molar-refractivity contribution >= 4 is 10.0 Å². The van der Waals surface area contributed by atoms with E-state index >= 15 is 0 Å². The van der Waals surface area contributed by atoms with Gasteiger partial charge < -0.3 is 4.74 Å². The largest absolute Gasteiger partial charge is 0.383 e. The molecule has 0 aromatic rings. The molecular formula is C6H13NO3S. The van der Waals surface area contributed by atoms with E-state index in [0.717, 1.165) is 0 Å². The summed E-state index contributed by atoms with van der Waals surface area (Å²) < 4.78 is 26.1. The molecule has 0 aromatic heterocycles. The number of ether oxygens (including phenoxy) is 1. The number of methoxy groups -OCH3 is 1. The molecule has 0 saturated heterocycles. The van der Waals surface area contributed by atoms with Gasteiger partial charge in [0.2, 0.25) is 10.0 Å². The third kappa shape index (κ3) is 1.28. The van der Waals surface area contributed by atoms with E-state index in [1.165, 1.54) is 7.11 Å². The van der Waals surface area contributed by atoms with Crippen LogP contribution >= 0.6 is 0 Å². The zero-order valence-electron chi connectivity index (χ0n) is 6.70. The maximum Gasteiger partial charge on any atom is 0.217 e. The SMILES string of the molecule is COC[C@]1(S(N)(=O)=O)C[C@@H]1C. The Morgan fingerprint density at radius 3 is 2.27 bits per heavy atom. The molecule has 66 valence electrons. The highest BCUT2D eigenvalue weighted by Gasteiger charge is 2.60. The van der Waals surface area contributed by atoms with E-state index in [9.17, 15) is 8.42 Å². The van der Waals surface area contributed by atoms with Crippen LogP contribution in [0.3, 0.4) is 0 Å². The van der Waals surface area contributed by atoms with Crippen LogP contribution in [0.15, 0.2) is 0 Å². The van der Waals surface area contributed by atoms with Crippen molar-refractivity contribution in [1.82, 2.24) is 0 Å². The monoisotopic (exact) mass is 179 g/mol. The Morgan fingerprint density at radius 1 is 1.73 bits per heavy atom. The summed E-state index contributed by atoms with van der Waals surface area (Å²) in [6, 6.07) is 0. The number of rotatable bonds is 3. The van der Waals surface area contributed by atoms with Gasteiger partial charge >= 0.3 is 0 Å². The van der Waals surface area contributed by atoms with Crippen LogP contribution < -0.4 is 5.14 Å². The molecule has 1 saturated carbocycles. The van der Waals surface area contributed by atoms with Gasteiger partial charge in [-0.2, -0.15) is 0 Å². The Morgan fingerprint density at radius 2 is 2.18 bits per heavy atom. The van der Waals surface area contributed by atoms with Crippen LogP contribution in [0.5, 0.6) is 0 Å². The highest BCUT2D eigenvalue weighted by molar-refractivity contribution is 7.90. The quantitative estimate of drug-likeness (QED) is 0.646. The summed E-state index contributed by atoms with van der Waals surface area (Å²) >= 11 is 0. The Hall–Kier alpha value is -0.130. The highest BCUT2D eigenvalue weighted by Crippen LogP contribution is 2.48. The van der Waals surface area contributed by atoms with Crippen molar-refractivity contribution < 1.29 is 13.2 Å². The first-order valence-corrected chi connectivity index (χ1v) is 5.00. The van der Waals surface area contributed by atoms with Crippen molar-refractivity contribution in [2.24, 2.45) is 11.1 Å². The van der Waals surface area contributed by atoms with E-state index in [1.54, 1.807) is 0 Å². The molecule has 1 aliphatic rings. The molecule has 1 fully saturated rings. The Kier molecular flexibility index (Phi) is 1.98. The van der Waals surface area contributed by atoms with Crippen LogP contribution in [0.25, 0.3) is 0 Å². The van der Waals surface area contributed by atoms with E-state index in [-0.39, 0.29) is 12.5 Å². The van der Waals surface area contributed by atoms with Gasteiger partial charge in [0.25, 0.3) is 0 Å². The summed E-state index contributed by atoms with van der Waals surface area (Å²) in [5, 5.41) is 5.04. The van der Waals surface area contributed by atoms with Gasteiger partial charge in [-0.05, 0) is 12.3 Å². The zero-order valence-corrected chi connectivity index (χ0v) is 7.52. The van der Waals surface area contributed by atoms with E-state index in [4.69, 9.17) is 9.88 Å². The van der Waals surface area contributed by atoms with Crippen LogP contribution in [0.4, 0.5) is 0 Å². The molecule has 1 rings (SSSR count). The standard InChI is InChI=1S/C6H13NO3S/c1-5-3-6(5,4-10-2)11(7,8)9/h5H,3-4H2,1-2H3,(H2,7,8,9)/t5-,6+/m0/s1. The second-order valence-corrected chi connectivity index (χ2v) is 5.05. The lowest BCUT2D eigenvalue weighted by Gasteiger charge is -2.11. The fraction of sp³-hybridized carbons (Fsp3) is 1.00. The molecule has 0 amide bonds. The fourth-order valence-electron chi connectivity index (χ4n) is 1.38. The van der Waals surface area contributed by atoms with Gasteiger partial charge in [-0.3, -0.25) is 0 Å². The van der Waals surface area contributed by atoms with Crippen LogP contribution in [0, 0.1) is 5.92 Å². The Balaban J connectivity index is 2.81. The van der Waals surface area contributed by atoms with E-state index in [2.05, 4.69) is 0 Å². The molecule has 0 aliphatic heterocycles. The predicted molar refractivity (Wildman–Crippen MR) is 41.5 cm³/mol. The molecule has 0 bridgehead atoms. The van der Waals surface area contributed by atoms with Crippen molar-refractivity contribution in [3.8, 4) is 0 Å². The van der Waals surface area contributed by atoms with Gasteiger partial charge in [0.05, 0.1) is 6.61 Å². The Bertz CT molecular complexity index is 249. The summed E-state index contributed by atoms with van der Waals surface area (Å²) in [7, 11) is -1.94. The minimum Gasteiger partial charge on any atom is -0.383 e. The molecule has 0 radical (unpaired) electrons. The molecule has 1 aliphatic carbocycles. The molecule has 4 nitrogen and oxygen atoms in total. The number of nitrogens with two attached hydrogens (primary N) is 1. The number of hydrogen-bond donors (Lipinski definition) is 1. The summed E-state index contributed by atoms with van der Waals surface area (Å²) in [4.78, 5) is 0. The average molecular weight is 179 g/mol. The molecule has 2 N–H and O–H groups in total. The second-order valence-electron chi connectivity index (χ2n) is 3.15. The first-order chi connectivity index (χ1) is 4.94. The van der Waals surface area contributed by atoms with Crippen LogP contribution in [-0.4, -0.2) is 26.9 Å². The average Bonchev–Trinajstić information content (AvgIpc) is 2.42. The maximum absolute atomic E-state index is 11.0. The lowest BCUT2D eigenvalue weighted by atomic mass is 10.3.